The lowest BCUT2D eigenvalue weighted by Crippen LogP contribution is -2.37. The minimum atomic E-state index is -0.319. The summed E-state index contributed by atoms with van der Waals surface area (Å²) in [6.07, 6.45) is 7.62. The van der Waals surface area contributed by atoms with Crippen LogP contribution in [0.1, 0.15) is 25.7 Å². The normalized spacial score (nSPS) is 19.8. The van der Waals surface area contributed by atoms with E-state index in [9.17, 15) is 10.1 Å². The number of nitro groups is 1. The van der Waals surface area contributed by atoms with Crippen molar-refractivity contribution in [3.8, 4) is 0 Å². The van der Waals surface area contributed by atoms with Crippen LogP contribution in [0.3, 0.4) is 0 Å². The molecule has 2 heterocycles. The molecule has 1 aromatic heterocycles. The Morgan fingerprint density at radius 3 is 2.75 bits per heavy atom. The Bertz CT molecular complexity index is 484. The van der Waals surface area contributed by atoms with Crippen molar-refractivity contribution in [2.45, 2.75) is 31.7 Å². The van der Waals surface area contributed by atoms with E-state index in [2.05, 4.69) is 15.2 Å². The zero-order valence-corrected chi connectivity index (χ0v) is 11.5. The molecule has 0 bridgehead atoms. The maximum Gasteiger partial charge on any atom is 0.310 e. The van der Waals surface area contributed by atoms with Crippen molar-refractivity contribution in [2.24, 2.45) is 5.92 Å². The first-order chi connectivity index (χ1) is 9.75. The second-order valence-electron chi connectivity index (χ2n) is 5.70. The fraction of sp³-hybridized carbons (Fsp3) is 0.643. The molecule has 1 aromatic rings. The summed E-state index contributed by atoms with van der Waals surface area (Å²) in [7, 11) is 0. The van der Waals surface area contributed by atoms with Gasteiger partial charge in [-0.15, -0.1) is 0 Å². The maximum absolute atomic E-state index is 11.2. The van der Waals surface area contributed by atoms with Crippen LogP contribution in [-0.4, -0.2) is 35.6 Å². The zero-order valence-electron chi connectivity index (χ0n) is 11.5. The number of hydrogen-bond acceptors (Lipinski definition) is 5. The summed E-state index contributed by atoms with van der Waals surface area (Å²) in [5.74, 6) is 0.629. The number of pyridine rings is 1. The van der Waals surface area contributed by atoms with Crippen LogP contribution in [0.15, 0.2) is 18.5 Å². The first-order valence-corrected chi connectivity index (χ1v) is 7.31. The number of anilines is 1. The predicted molar refractivity (Wildman–Crippen MR) is 76.9 cm³/mol. The van der Waals surface area contributed by atoms with E-state index in [1.807, 2.05) is 0 Å². The summed E-state index contributed by atoms with van der Waals surface area (Å²) in [5.41, 5.74) is 0.874. The van der Waals surface area contributed by atoms with Crippen molar-refractivity contribution in [1.82, 2.24) is 10.3 Å². The van der Waals surface area contributed by atoms with Gasteiger partial charge in [0, 0.05) is 18.8 Å². The average molecular weight is 276 g/mol. The number of hydrogen-bond donors (Lipinski definition) is 1. The Hall–Kier alpha value is -1.69. The fourth-order valence-electron chi connectivity index (χ4n) is 2.94. The lowest BCUT2D eigenvalue weighted by Gasteiger charge is -2.31. The highest BCUT2D eigenvalue weighted by atomic mass is 16.6. The molecule has 2 aliphatic rings. The van der Waals surface area contributed by atoms with Gasteiger partial charge in [0.25, 0.3) is 0 Å². The van der Waals surface area contributed by atoms with E-state index in [1.165, 1.54) is 6.20 Å². The molecule has 0 radical (unpaired) electrons. The molecule has 0 atom stereocenters. The van der Waals surface area contributed by atoms with Crippen molar-refractivity contribution in [2.75, 3.05) is 24.5 Å². The van der Waals surface area contributed by atoms with Crippen LogP contribution in [0.5, 0.6) is 0 Å². The van der Waals surface area contributed by atoms with Gasteiger partial charge in [0.05, 0.1) is 4.92 Å². The number of nitrogens with one attached hydrogen (secondary N) is 1. The van der Waals surface area contributed by atoms with Crippen molar-refractivity contribution in [3.63, 3.8) is 0 Å². The Morgan fingerprint density at radius 2 is 2.10 bits per heavy atom. The lowest BCUT2D eigenvalue weighted by atomic mass is 9.97. The van der Waals surface area contributed by atoms with Gasteiger partial charge in [0.15, 0.2) is 0 Å². The molecule has 6 heteroatoms. The van der Waals surface area contributed by atoms with Gasteiger partial charge in [-0.2, -0.15) is 0 Å². The van der Waals surface area contributed by atoms with Gasteiger partial charge in [-0.05, 0) is 50.8 Å². The van der Waals surface area contributed by atoms with Gasteiger partial charge in [-0.1, -0.05) is 0 Å². The molecule has 20 heavy (non-hydrogen) atoms. The lowest BCUT2D eigenvalue weighted by molar-refractivity contribution is -0.384. The van der Waals surface area contributed by atoms with Gasteiger partial charge in [-0.25, -0.2) is 0 Å². The highest BCUT2D eigenvalue weighted by Gasteiger charge is 2.34. The fourth-order valence-corrected chi connectivity index (χ4v) is 2.94. The molecule has 0 amide bonds. The van der Waals surface area contributed by atoms with Crippen molar-refractivity contribution in [3.05, 3.63) is 28.6 Å². The van der Waals surface area contributed by atoms with E-state index in [1.54, 1.807) is 12.3 Å². The van der Waals surface area contributed by atoms with Crippen LogP contribution in [0.25, 0.3) is 0 Å². The smallest absolute Gasteiger partial charge is 0.310 e. The summed E-state index contributed by atoms with van der Waals surface area (Å²) in [4.78, 5) is 17.0. The molecule has 0 unspecified atom stereocenters. The van der Waals surface area contributed by atoms with E-state index >= 15 is 0 Å². The standard InChI is InChI=1S/C14H20N4O2/c19-18(20)14-9-16-8-5-13(14)17(12-1-2-12)10-11-3-6-15-7-4-11/h5,8-9,11-12,15H,1-4,6-7,10H2. The molecular weight excluding hydrogens is 256 g/mol. The molecule has 108 valence electrons. The third kappa shape index (κ3) is 2.90. The molecule has 1 aliphatic heterocycles. The summed E-state index contributed by atoms with van der Waals surface area (Å²) >= 11 is 0. The first kappa shape index (κ1) is 13.3. The second-order valence-corrected chi connectivity index (χ2v) is 5.70. The molecule has 3 rings (SSSR count). The van der Waals surface area contributed by atoms with E-state index in [4.69, 9.17) is 0 Å². The zero-order chi connectivity index (χ0) is 13.9. The van der Waals surface area contributed by atoms with Gasteiger partial charge in [-0.3, -0.25) is 15.1 Å². The molecule has 6 nitrogen and oxygen atoms in total. The molecule has 1 saturated heterocycles. The SMILES string of the molecule is O=[N+]([O-])c1cnccc1N(CC1CCNCC1)C1CC1. The molecule has 1 saturated carbocycles. The highest BCUT2D eigenvalue weighted by molar-refractivity contribution is 5.63. The molecule has 0 aromatic carbocycles. The predicted octanol–water partition coefficient (Wildman–Crippen LogP) is 1.96. The monoisotopic (exact) mass is 276 g/mol. The van der Waals surface area contributed by atoms with Crippen LogP contribution in [0.4, 0.5) is 11.4 Å². The van der Waals surface area contributed by atoms with Crippen LogP contribution in [-0.2, 0) is 0 Å². The van der Waals surface area contributed by atoms with Crippen molar-refractivity contribution < 1.29 is 4.92 Å². The topological polar surface area (TPSA) is 71.3 Å². The second kappa shape index (κ2) is 5.75. The van der Waals surface area contributed by atoms with Crippen LogP contribution in [0.2, 0.25) is 0 Å². The van der Waals surface area contributed by atoms with E-state index in [0.29, 0.717) is 12.0 Å². The number of rotatable bonds is 5. The summed E-state index contributed by atoms with van der Waals surface area (Å²) in [5, 5.41) is 14.6. The molecular formula is C14H20N4O2. The van der Waals surface area contributed by atoms with Crippen molar-refractivity contribution >= 4 is 11.4 Å². The molecule has 2 fully saturated rings. The van der Waals surface area contributed by atoms with Gasteiger partial charge >= 0.3 is 5.69 Å². The van der Waals surface area contributed by atoms with Crippen molar-refractivity contribution in [1.29, 1.82) is 0 Å². The van der Waals surface area contributed by atoms with Gasteiger partial charge < -0.3 is 10.2 Å². The molecule has 0 spiro atoms. The number of piperidine rings is 1. The number of nitrogens with zero attached hydrogens (tertiary/aromatic N) is 3. The Balaban J connectivity index is 1.81. The highest BCUT2D eigenvalue weighted by Crippen LogP contribution is 2.37. The van der Waals surface area contributed by atoms with Gasteiger partial charge in [0.2, 0.25) is 0 Å². The van der Waals surface area contributed by atoms with E-state index in [0.717, 1.165) is 51.0 Å². The third-order valence-electron chi connectivity index (χ3n) is 4.19. The quantitative estimate of drug-likeness (QED) is 0.657. The third-order valence-corrected chi connectivity index (χ3v) is 4.19. The summed E-state index contributed by atoms with van der Waals surface area (Å²) in [6, 6.07) is 2.27. The number of aromatic nitrogens is 1. The molecule has 1 N–H and O–H groups in total. The maximum atomic E-state index is 11.2. The first-order valence-electron chi connectivity index (χ1n) is 7.31. The summed E-state index contributed by atoms with van der Waals surface area (Å²) in [6.45, 7) is 3.04. The largest absolute Gasteiger partial charge is 0.363 e. The van der Waals surface area contributed by atoms with Crippen LogP contribution < -0.4 is 10.2 Å². The molecule has 1 aliphatic carbocycles. The Labute approximate surface area is 118 Å². The summed E-state index contributed by atoms with van der Waals surface area (Å²) < 4.78 is 0. The van der Waals surface area contributed by atoms with E-state index in [-0.39, 0.29) is 10.6 Å². The Kier molecular flexibility index (Phi) is 3.82. The Morgan fingerprint density at radius 1 is 1.35 bits per heavy atom. The van der Waals surface area contributed by atoms with Gasteiger partial charge in [0.1, 0.15) is 11.9 Å². The minimum Gasteiger partial charge on any atom is -0.363 e. The van der Waals surface area contributed by atoms with Crippen LogP contribution in [0, 0.1) is 16.0 Å². The van der Waals surface area contributed by atoms with E-state index < -0.39 is 0 Å². The average Bonchev–Trinajstić information content (AvgIpc) is 3.30. The van der Waals surface area contributed by atoms with Crippen LogP contribution >= 0.6 is 0 Å². The minimum absolute atomic E-state index is 0.133.